The van der Waals surface area contributed by atoms with Crippen molar-refractivity contribution < 1.29 is 9.47 Å². The van der Waals surface area contributed by atoms with Crippen molar-refractivity contribution in [1.29, 1.82) is 0 Å². The van der Waals surface area contributed by atoms with Gasteiger partial charge < -0.3 is 9.47 Å². The van der Waals surface area contributed by atoms with Gasteiger partial charge in [-0.1, -0.05) is 36.7 Å². The zero-order valence-corrected chi connectivity index (χ0v) is 13.8. The average molecular weight is 336 g/mol. The Hall–Kier alpha value is -0.410. The highest BCUT2D eigenvalue weighted by atomic mass is 79.9. The molecule has 2 atom stereocenters. The van der Waals surface area contributed by atoms with E-state index in [4.69, 9.17) is 21.1 Å². The normalized spacial score (nSPS) is 14.4. The molecule has 1 aromatic carbocycles. The molecule has 1 aromatic rings. The molecule has 2 unspecified atom stereocenters. The molecule has 0 fully saturated rings. The second-order valence-corrected chi connectivity index (χ2v) is 6.06. The summed E-state index contributed by atoms with van der Waals surface area (Å²) in [5.74, 6) is 2.31. The first-order valence-corrected chi connectivity index (χ1v) is 7.20. The van der Waals surface area contributed by atoms with Gasteiger partial charge in [-0.05, 0) is 29.5 Å². The van der Waals surface area contributed by atoms with E-state index in [1.165, 1.54) is 0 Å². The Balaban J connectivity index is 3.16. The van der Waals surface area contributed by atoms with E-state index in [1.54, 1.807) is 14.2 Å². The number of hydrogen-bond acceptors (Lipinski definition) is 2. The van der Waals surface area contributed by atoms with Crippen LogP contribution in [0.1, 0.15) is 31.7 Å². The van der Waals surface area contributed by atoms with E-state index < -0.39 is 0 Å². The lowest BCUT2D eigenvalue weighted by Gasteiger charge is -2.23. The summed E-state index contributed by atoms with van der Waals surface area (Å²) in [6.45, 7) is 6.51. The zero-order chi connectivity index (χ0) is 13.9. The third-order valence-electron chi connectivity index (χ3n) is 3.31. The second kappa shape index (κ2) is 6.67. The predicted octanol–water partition coefficient (Wildman–Crippen LogP) is 5.04. The SMILES string of the molecule is COc1cc(Br)c(C(Cl)C(C)C(C)C)cc1OC. The number of methoxy groups -OCH3 is 2. The van der Waals surface area contributed by atoms with Crippen LogP contribution in [0.2, 0.25) is 0 Å². The molecule has 0 saturated carbocycles. The highest BCUT2D eigenvalue weighted by Crippen LogP contribution is 2.42. The number of hydrogen-bond donors (Lipinski definition) is 0. The van der Waals surface area contributed by atoms with Crippen LogP contribution in [-0.2, 0) is 0 Å². The quantitative estimate of drug-likeness (QED) is 0.702. The highest BCUT2D eigenvalue weighted by Gasteiger charge is 2.23. The van der Waals surface area contributed by atoms with Gasteiger partial charge in [0.1, 0.15) is 0 Å². The molecule has 4 heteroatoms. The molecule has 0 aliphatic rings. The van der Waals surface area contributed by atoms with E-state index in [0.29, 0.717) is 23.3 Å². The topological polar surface area (TPSA) is 18.5 Å². The lowest BCUT2D eigenvalue weighted by atomic mass is 9.90. The summed E-state index contributed by atoms with van der Waals surface area (Å²) in [6.07, 6.45) is 0. The second-order valence-electron chi connectivity index (χ2n) is 4.73. The van der Waals surface area contributed by atoms with Crippen LogP contribution in [0.4, 0.5) is 0 Å². The van der Waals surface area contributed by atoms with Crippen molar-refractivity contribution >= 4 is 27.5 Å². The molecule has 102 valence electrons. The molecule has 0 saturated heterocycles. The van der Waals surface area contributed by atoms with E-state index in [9.17, 15) is 0 Å². The van der Waals surface area contributed by atoms with Crippen LogP contribution in [0.5, 0.6) is 11.5 Å². The summed E-state index contributed by atoms with van der Waals surface area (Å²) >= 11 is 10.1. The van der Waals surface area contributed by atoms with Crippen molar-refractivity contribution in [3.63, 3.8) is 0 Å². The Labute approximate surface area is 123 Å². The van der Waals surface area contributed by atoms with Crippen molar-refractivity contribution in [1.82, 2.24) is 0 Å². The molecular weight excluding hydrogens is 316 g/mol. The Morgan fingerprint density at radius 2 is 1.56 bits per heavy atom. The number of rotatable bonds is 5. The van der Waals surface area contributed by atoms with Gasteiger partial charge in [0.25, 0.3) is 0 Å². The van der Waals surface area contributed by atoms with Crippen molar-refractivity contribution in [2.75, 3.05) is 14.2 Å². The molecule has 0 bridgehead atoms. The van der Waals surface area contributed by atoms with Crippen LogP contribution in [0.15, 0.2) is 16.6 Å². The lowest BCUT2D eigenvalue weighted by molar-refractivity contribution is 0.352. The molecule has 1 rings (SSSR count). The third kappa shape index (κ3) is 3.33. The summed E-state index contributed by atoms with van der Waals surface area (Å²) in [5.41, 5.74) is 1.04. The molecule has 18 heavy (non-hydrogen) atoms. The van der Waals surface area contributed by atoms with Crippen LogP contribution in [0.3, 0.4) is 0 Å². The van der Waals surface area contributed by atoms with Gasteiger partial charge in [0.05, 0.1) is 19.6 Å². The van der Waals surface area contributed by atoms with Gasteiger partial charge in [-0.25, -0.2) is 0 Å². The van der Waals surface area contributed by atoms with Crippen molar-refractivity contribution in [2.24, 2.45) is 11.8 Å². The Kier molecular flexibility index (Phi) is 5.80. The van der Waals surface area contributed by atoms with E-state index in [0.717, 1.165) is 10.0 Å². The monoisotopic (exact) mass is 334 g/mol. The molecule has 0 radical (unpaired) electrons. The maximum absolute atomic E-state index is 6.56. The van der Waals surface area contributed by atoms with Crippen molar-refractivity contribution in [3.8, 4) is 11.5 Å². The third-order valence-corrected chi connectivity index (χ3v) is 4.63. The van der Waals surface area contributed by atoms with Crippen LogP contribution in [0, 0.1) is 11.8 Å². The molecule has 0 heterocycles. The maximum Gasteiger partial charge on any atom is 0.161 e. The smallest absolute Gasteiger partial charge is 0.161 e. The van der Waals surface area contributed by atoms with Crippen LogP contribution >= 0.6 is 27.5 Å². The van der Waals surface area contributed by atoms with Crippen LogP contribution in [-0.4, -0.2) is 14.2 Å². The maximum atomic E-state index is 6.56. The fourth-order valence-electron chi connectivity index (χ4n) is 1.70. The molecule has 2 nitrogen and oxygen atoms in total. The summed E-state index contributed by atoms with van der Waals surface area (Å²) in [7, 11) is 3.25. The number of halogens is 2. The molecular formula is C14H20BrClO2. The van der Waals surface area contributed by atoms with Gasteiger partial charge in [0, 0.05) is 4.47 Å². The van der Waals surface area contributed by atoms with Gasteiger partial charge in [-0.15, -0.1) is 11.6 Å². The van der Waals surface area contributed by atoms with Gasteiger partial charge >= 0.3 is 0 Å². The minimum atomic E-state index is -0.0563. The predicted molar refractivity (Wildman–Crippen MR) is 79.8 cm³/mol. The Morgan fingerprint density at radius 1 is 1.06 bits per heavy atom. The summed E-state index contributed by atoms with van der Waals surface area (Å²) in [5, 5.41) is -0.0563. The van der Waals surface area contributed by atoms with E-state index in [1.807, 2.05) is 12.1 Å². The standard InChI is InChI=1S/C14H20BrClO2/c1-8(2)9(3)14(16)10-6-12(17-4)13(18-5)7-11(10)15/h6-9,14H,1-5H3. The average Bonchev–Trinajstić information content (AvgIpc) is 2.36. The molecule has 0 aliphatic carbocycles. The molecule has 0 N–H and O–H groups in total. The van der Waals surface area contributed by atoms with E-state index in [2.05, 4.69) is 36.7 Å². The first-order chi connectivity index (χ1) is 8.42. The lowest BCUT2D eigenvalue weighted by Crippen LogP contribution is -2.11. The van der Waals surface area contributed by atoms with Crippen LogP contribution in [0.25, 0.3) is 0 Å². The molecule has 0 aliphatic heterocycles. The summed E-state index contributed by atoms with van der Waals surface area (Å²) in [4.78, 5) is 0. The van der Waals surface area contributed by atoms with E-state index >= 15 is 0 Å². The summed E-state index contributed by atoms with van der Waals surface area (Å²) < 4.78 is 11.5. The zero-order valence-electron chi connectivity index (χ0n) is 11.5. The Morgan fingerprint density at radius 3 is 2.00 bits per heavy atom. The number of benzene rings is 1. The Bertz CT molecular complexity index is 407. The van der Waals surface area contributed by atoms with Gasteiger partial charge in [-0.2, -0.15) is 0 Å². The number of ether oxygens (including phenoxy) is 2. The van der Waals surface area contributed by atoms with Gasteiger partial charge in [0.15, 0.2) is 11.5 Å². The fourth-order valence-corrected chi connectivity index (χ4v) is 2.87. The minimum absolute atomic E-state index is 0.0563. The number of alkyl halides is 1. The highest BCUT2D eigenvalue weighted by molar-refractivity contribution is 9.10. The van der Waals surface area contributed by atoms with Crippen LogP contribution < -0.4 is 9.47 Å². The minimum Gasteiger partial charge on any atom is -0.493 e. The fraction of sp³-hybridized carbons (Fsp3) is 0.571. The van der Waals surface area contributed by atoms with E-state index in [-0.39, 0.29) is 5.38 Å². The van der Waals surface area contributed by atoms with Gasteiger partial charge in [0.2, 0.25) is 0 Å². The largest absolute Gasteiger partial charge is 0.493 e. The molecule has 0 aromatic heterocycles. The van der Waals surface area contributed by atoms with Crippen molar-refractivity contribution in [3.05, 3.63) is 22.2 Å². The van der Waals surface area contributed by atoms with Crippen molar-refractivity contribution in [2.45, 2.75) is 26.1 Å². The first kappa shape index (κ1) is 15.6. The molecule has 0 amide bonds. The molecule has 0 spiro atoms. The van der Waals surface area contributed by atoms with Gasteiger partial charge in [-0.3, -0.25) is 0 Å². The summed E-state index contributed by atoms with van der Waals surface area (Å²) in [6, 6.07) is 3.84. The first-order valence-electron chi connectivity index (χ1n) is 5.97.